The Balaban J connectivity index is 2.74. The fraction of sp³-hybridized carbons (Fsp3) is 0.500. The van der Waals surface area contributed by atoms with E-state index in [1.54, 1.807) is 6.07 Å². The van der Waals surface area contributed by atoms with Crippen LogP contribution >= 0.6 is 0 Å². The van der Waals surface area contributed by atoms with Gasteiger partial charge in [-0.1, -0.05) is 36.5 Å². The third-order valence-corrected chi connectivity index (χ3v) is 10.3. The highest BCUT2D eigenvalue weighted by Gasteiger charge is 2.24. The van der Waals surface area contributed by atoms with Crippen LogP contribution in [0.4, 0.5) is 14.9 Å². The van der Waals surface area contributed by atoms with Gasteiger partial charge in [-0.25, -0.2) is 4.79 Å². The Morgan fingerprint density at radius 2 is 2.10 bits per heavy atom. The SMILES string of the molecule is CN(C(=O)F)c1cccc([Si](C)(C)CC[Si]O[SiH](C)C)c1. The molecule has 0 aliphatic rings. The van der Waals surface area contributed by atoms with Gasteiger partial charge >= 0.3 is 6.16 Å². The fourth-order valence-electron chi connectivity index (χ4n) is 1.97. The van der Waals surface area contributed by atoms with Crippen LogP contribution in [0.1, 0.15) is 0 Å². The smallest absolute Gasteiger partial charge is 0.404 e. The fourth-order valence-corrected chi connectivity index (χ4v) is 8.06. The highest BCUT2D eigenvalue weighted by atomic mass is 28.3. The molecule has 1 rings (SSSR count). The van der Waals surface area contributed by atoms with Gasteiger partial charge in [0.15, 0.2) is 9.04 Å². The molecular weight excluding hydrogens is 317 g/mol. The average molecular weight is 342 g/mol. The summed E-state index contributed by atoms with van der Waals surface area (Å²) in [6.45, 7) is 8.98. The second kappa shape index (κ2) is 8.02. The molecule has 0 aliphatic carbocycles. The van der Waals surface area contributed by atoms with Gasteiger partial charge in [-0.3, -0.25) is 4.90 Å². The number of carbonyl (C=O) groups excluding carboxylic acids is 1. The molecule has 0 N–H and O–H groups in total. The Kier molecular flexibility index (Phi) is 6.98. The Hall–Kier alpha value is -0.769. The molecule has 0 aliphatic heterocycles. The van der Waals surface area contributed by atoms with Crippen LogP contribution in [0, 0.1) is 0 Å². The Morgan fingerprint density at radius 3 is 2.67 bits per heavy atom. The number of halogens is 1. The zero-order valence-electron chi connectivity index (χ0n) is 13.4. The highest BCUT2D eigenvalue weighted by Crippen LogP contribution is 2.18. The number of hydrogen-bond acceptors (Lipinski definition) is 2. The lowest BCUT2D eigenvalue weighted by molar-refractivity contribution is 0.229. The van der Waals surface area contributed by atoms with Gasteiger partial charge in [0.2, 0.25) is 9.76 Å². The monoisotopic (exact) mass is 341 g/mol. The van der Waals surface area contributed by atoms with Gasteiger partial charge < -0.3 is 4.12 Å². The molecule has 7 heteroatoms. The largest absolute Gasteiger partial charge is 0.459 e. The van der Waals surface area contributed by atoms with Gasteiger partial charge in [0.05, 0.1) is 8.07 Å². The molecule has 1 amide bonds. The lowest BCUT2D eigenvalue weighted by atomic mass is 10.3. The molecule has 0 saturated carbocycles. The molecule has 0 aromatic heterocycles. The summed E-state index contributed by atoms with van der Waals surface area (Å²) in [5, 5.41) is 1.25. The van der Waals surface area contributed by atoms with Gasteiger partial charge in [0, 0.05) is 12.7 Å². The summed E-state index contributed by atoms with van der Waals surface area (Å²) < 4.78 is 18.6. The molecule has 2 radical (unpaired) electrons. The van der Waals surface area contributed by atoms with E-state index in [2.05, 4.69) is 32.3 Å². The molecule has 0 atom stereocenters. The van der Waals surface area contributed by atoms with Crippen molar-refractivity contribution in [3.8, 4) is 0 Å². The summed E-state index contributed by atoms with van der Waals surface area (Å²) in [6.07, 6.45) is -1.43. The molecular formula is C14H24FNO2Si3. The third kappa shape index (κ3) is 5.85. The summed E-state index contributed by atoms with van der Waals surface area (Å²) in [4.78, 5) is 11.9. The van der Waals surface area contributed by atoms with Gasteiger partial charge in [0.1, 0.15) is 0 Å². The van der Waals surface area contributed by atoms with Gasteiger partial charge in [-0.05, 0) is 31.3 Å². The molecule has 0 bridgehead atoms. The first-order chi connectivity index (χ1) is 9.74. The topological polar surface area (TPSA) is 29.5 Å². The molecule has 0 heterocycles. The number of carbonyl (C=O) groups is 1. The lowest BCUT2D eigenvalue weighted by Gasteiger charge is -2.24. The van der Waals surface area contributed by atoms with E-state index in [0.717, 1.165) is 17.0 Å². The van der Waals surface area contributed by atoms with Crippen LogP contribution in [0.3, 0.4) is 0 Å². The van der Waals surface area contributed by atoms with Crippen LogP contribution in [0.2, 0.25) is 38.3 Å². The number of anilines is 1. The number of hydrogen-bond donors (Lipinski definition) is 0. The van der Waals surface area contributed by atoms with E-state index in [9.17, 15) is 9.18 Å². The summed E-state index contributed by atoms with van der Waals surface area (Å²) in [6, 6.07) is 9.94. The van der Waals surface area contributed by atoms with E-state index >= 15 is 0 Å². The minimum Gasteiger partial charge on any atom is -0.459 e. The van der Waals surface area contributed by atoms with E-state index in [0.29, 0.717) is 15.5 Å². The third-order valence-electron chi connectivity index (χ3n) is 3.45. The number of nitrogens with zero attached hydrogens (tertiary/aromatic N) is 1. The molecule has 1 aromatic rings. The zero-order chi connectivity index (χ0) is 16.0. The van der Waals surface area contributed by atoms with E-state index in [-0.39, 0.29) is 0 Å². The van der Waals surface area contributed by atoms with Crippen LogP contribution in [0.25, 0.3) is 0 Å². The predicted octanol–water partition coefficient (Wildman–Crippen LogP) is 3.17. The summed E-state index contributed by atoms with van der Waals surface area (Å²) in [5.41, 5.74) is 0.619. The van der Waals surface area contributed by atoms with Crippen LogP contribution in [-0.4, -0.2) is 40.1 Å². The van der Waals surface area contributed by atoms with Crippen molar-refractivity contribution >= 4 is 43.9 Å². The first-order valence-electron chi connectivity index (χ1n) is 7.16. The first-order valence-corrected chi connectivity index (χ1v) is 14.3. The maximum atomic E-state index is 12.8. The summed E-state index contributed by atoms with van der Waals surface area (Å²) >= 11 is 0. The summed E-state index contributed by atoms with van der Waals surface area (Å²) in [7, 11) is -0.454. The molecule has 0 unspecified atom stereocenters. The summed E-state index contributed by atoms with van der Waals surface area (Å²) in [5.74, 6) is 0. The molecule has 1 aromatic carbocycles. The predicted molar refractivity (Wildman–Crippen MR) is 93.8 cm³/mol. The quantitative estimate of drug-likeness (QED) is 0.330. The molecule has 21 heavy (non-hydrogen) atoms. The van der Waals surface area contributed by atoms with Crippen molar-refractivity contribution in [2.45, 2.75) is 38.3 Å². The molecule has 0 saturated heterocycles. The molecule has 116 valence electrons. The van der Waals surface area contributed by atoms with Crippen molar-refractivity contribution in [3.05, 3.63) is 24.3 Å². The second-order valence-corrected chi connectivity index (χ2v) is 14.7. The van der Waals surface area contributed by atoms with Crippen LogP contribution < -0.4 is 10.1 Å². The van der Waals surface area contributed by atoms with E-state index in [4.69, 9.17) is 4.12 Å². The van der Waals surface area contributed by atoms with Crippen LogP contribution in [-0.2, 0) is 4.12 Å². The second-order valence-electron chi connectivity index (χ2n) is 6.06. The van der Waals surface area contributed by atoms with Gasteiger partial charge in [-0.2, -0.15) is 0 Å². The minimum absolute atomic E-state index is 0.592. The van der Waals surface area contributed by atoms with E-state index < -0.39 is 23.3 Å². The minimum atomic E-state index is -1.58. The average Bonchev–Trinajstić information content (AvgIpc) is 2.42. The van der Waals surface area contributed by atoms with E-state index in [1.807, 2.05) is 12.1 Å². The van der Waals surface area contributed by atoms with Gasteiger partial charge in [0.25, 0.3) is 0 Å². The zero-order valence-corrected chi connectivity index (χ0v) is 16.6. The van der Waals surface area contributed by atoms with Crippen molar-refractivity contribution in [3.63, 3.8) is 0 Å². The first kappa shape index (κ1) is 18.3. The standard InChI is InChI=1S/C14H24FNO2Si3/c1-16(14(15)17)12-7-6-8-13(11-12)21(4,5)10-9-19-18-20(2)3/h6-8,11,20H,9-10H2,1-5H3. The van der Waals surface area contributed by atoms with Crippen LogP contribution in [0.15, 0.2) is 24.3 Å². The Morgan fingerprint density at radius 1 is 1.43 bits per heavy atom. The normalized spacial score (nSPS) is 11.8. The van der Waals surface area contributed by atoms with Gasteiger partial charge in [-0.15, -0.1) is 4.39 Å². The molecule has 0 spiro atoms. The Labute approximate surface area is 132 Å². The Bertz CT molecular complexity index is 483. The van der Waals surface area contributed by atoms with E-state index in [1.165, 1.54) is 12.2 Å². The van der Waals surface area contributed by atoms with Crippen molar-refractivity contribution < 1.29 is 13.3 Å². The maximum absolute atomic E-state index is 12.8. The van der Waals surface area contributed by atoms with Crippen LogP contribution in [0.5, 0.6) is 0 Å². The molecule has 0 fully saturated rings. The highest BCUT2D eigenvalue weighted by molar-refractivity contribution is 6.90. The lowest BCUT2D eigenvalue weighted by Crippen LogP contribution is -2.41. The number of benzene rings is 1. The van der Waals surface area contributed by atoms with Crippen molar-refractivity contribution in [1.82, 2.24) is 0 Å². The number of rotatable bonds is 7. The van der Waals surface area contributed by atoms with Crippen molar-refractivity contribution in [2.75, 3.05) is 11.9 Å². The number of amides is 1. The maximum Gasteiger partial charge on any atom is 0.404 e. The molecule has 3 nitrogen and oxygen atoms in total. The van der Waals surface area contributed by atoms with Crippen molar-refractivity contribution in [2.24, 2.45) is 0 Å². The van der Waals surface area contributed by atoms with Crippen molar-refractivity contribution in [1.29, 1.82) is 0 Å².